The molecular weight excluding hydrogens is 310 g/mol. The Kier molecular flexibility index (Phi) is 4.83. The third kappa shape index (κ3) is 3.83. The minimum absolute atomic E-state index is 0.0107. The zero-order valence-corrected chi connectivity index (χ0v) is 13.8. The van der Waals surface area contributed by atoms with Gasteiger partial charge in [0.1, 0.15) is 0 Å². The van der Waals surface area contributed by atoms with Crippen LogP contribution in [0.5, 0.6) is 0 Å². The third-order valence-corrected chi connectivity index (χ3v) is 5.11. The van der Waals surface area contributed by atoms with E-state index in [9.17, 15) is 9.59 Å². The van der Waals surface area contributed by atoms with Gasteiger partial charge in [0, 0.05) is 22.2 Å². The van der Waals surface area contributed by atoms with Crippen molar-refractivity contribution in [2.45, 2.75) is 25.7 Å². The highest BCUT2D eigenvalue weighted by Crippen LogP contribution is 2.31. The molecule has 0 unspecified atom stereocenters. The van der Waals surface area contributed by atoms with Gasteiger partial charge in [0.2, 0.25) is 0 Å². The van der Waals surface area contributed by atoms with Crippen molar-refractivity contribution in [3.8, 4) is 0 Å². The Morgan fingerprint density at radius 1 is 1.17 bits per heavy atom. The predicted molar refractivity (Wildman–Crippen MR) is 91.4 cm³/mol. The van der Waals surface area contributed by atoms with Gasteiger partial charge in [0.05, 0.1) is 0 Å². The lowest BCUT2D eigenvalue weighted by molar-refractivity contribution is 0.100. The van der Waals surface area contributed by atoms with Crippen molar-refractivity contribution < 1.29 is 9.59 Å². The summed E-state index contributed by atoms with van der Waals surface area (Å²) in [5.41, 5.74) is 1.12. The number of piperidine rings is 1. The number of aromatic nitrogens is 1. The van der Waals surface area contributed by atoms with Crippen molar-refractivity contribution in [2.75, 3.05) is 18.4 Å². The molecule has 0 radical (unpaired) electrons. The monoisotopic (exact) mass is 329 g/mol. The second kappa shape index (κ2) is 7.02. The van der Waals surface area contributed by atoms with Gasteiger partial charge in [0.25, 0.3) is 5.91 Å². The van der Waals surface area contributed by atoms with Crippen molar-refractivity contribution in [1.82, 2.24) is 10.3 Å². The largest absolute Gasteiger partial charge is 0.317 e. The molecule has 0 aliphatic carbocycles. The van der Waals surface area contributed by atoms with Crippen LogP contribution in [0.4, 0.5) is 5.13 Å². The maximum absolute atomic E-state index is 12.2. The van der Waals surface area contributed by atoms with E-state index in [0.717, 1.165) is 25.9 Å². The smallest absolute Gasteiger partial charge is 0.257 e. The van der Waals surface area contributed by atoms with Crippen LogP contribution in [0.2, 0.25) is 0 Å². The Morgan fingerprint density at radius 2 is 1.83 bits per heavy atom. The summed E-state index contributed by atoms with van der Waals surface area (Å²) in [6.07, 6.45) is 4.10. The predicted octanol–water partition coefficient (Wildman–Crippen LogP) is 3.07. The number of anilines is 1. The summed E-state index contributed by atoms with van der Waals surface area (Å²) < 4.78 is 0. The molecule has 0 saturated carbocycles. The molecule has 1 aromatic heterocycles. The van der Waals surface area contributed by atoms with Crippen LogP contribution in [0.25, 0.3) is 0 Å². The molecule has 0 bridgehead atoms. The van der Waals surface area contributed by atoms with Crippen LogP contribution in [-0.4, -0.2) is 29.8 Å². The van der Waals surface area contributed by atoms with Crippen LogP contribution in [0.3, 0.4) is 0 Å². The highest BCUT2D eigenvalue weighted by atomic mass is 32.1. The van der Waals surface area contributed by atoms with Gasteiger partial charge in [0.15, 0.2) is 10.9 Å². The van der Waals surface area contributed by atoms with E-state index >= 15 is 0 Å². The van der Waals surface area contributed by atoms with Crippen LogP contribution >= 0.6 is 11.3 Å². The number of benzene rings is 1. The number of Topliss-reactive ketones (excluding diaryl/α,β-unsaturated/α-hetero) is 1. The van der Waals surface area contributed by atoms with Crippen LogP contribution in [0, 0.1) is 0 Å². The normalized spacial score (nSPS) is 15.3. The van der Waals surface area contributed by atoms with Crippen LogP contribution in [0.1, 0.15) is 51.3 Å². The number of nitrogens with one attached hydrogen (secondary N) is 2. The number of nitrogens with zero attached hydrogens (tertiary/aromatic N) is 1. The molecule has 1 amide bonds. The average molecular weight is 329 g/mol. The molecule has 1 saturated heterocycles. The fourth-order valence-corrected chi connectivity index (χ4v) is 3.65. The molecule has 120 valence electrons. The van der Waals surface area contributed by atoms with E-state index in [-0.39, 0.29) is 11.7 Å². The summed E-state index contributed by atoms with van der Waals surface area (Å²) in [5, 5.41) is 6.81. The van der Waals surface area contributed by atoms with Gasteiger partial charge < -0.3 is 5.32 Å². The lowest BCUT2D eigenvalue weighted by atomic mass is 9.97. The lowest BCUT2D eigenvalue weighted by Gasteiger charge is -2.20. The molecule has 0 atom stereocenters. The van der Waals surface area contributed by atoms with Crippen LogP contribution in [-0.2, 0) is 0 Å². The Hall–Kier alpha value is -2.05. The number of ketones is 1. The molecule has 2 aromatic rings. The van der Waals surface area contributed by atoms with E-state index in [2.05, 4.69) is 15.6 Å². The van der Waals surface area contributed by atoms with Gasteiger partial charge in [-0.3, -0.25) is 14.9 Å². The van der Waals surface area contributed by atoms with E-state index < -0.39 is 0 Å². The Morgan fingerprint density at radius 3 is 2.48 bits per heavy atom. The standard InChI is InChI=1S/C17H19N3O2S/c1-11(21)12-2-4-14(5-3-12)16(22)20-17-19-10-15(23-17)13-6-8-18-9-7-13/h2-5,10,13,18H,6-9H2,1H3,(H,19,20,22). The summed E-state index contributed by atoms with van der Waals surface area (Å²) >= 11 is 1.55. The summed E-state index contributed by atoms with van der Waals surface area (Å²) in [5.74, 6) is 0.323. The molecule has 1 fully saturated rings. The molecule has 6 heteroatoms. The molecule has 2 N–H and O–H groups in total. The fraction of sp³-hybridized carbons (Fsp3) is 0.353. The fourth-order valence-electron chi connectivity index (χ4n) is 2.67. The molecule has 1 aliphatic heterocycles. The molecule has 1 aromatic carbocycles. The Bertz CT molecular complexity index is 703. The molecule has 2 heterocycles. The van der Waals surface area contributed by atoms with E-state index in [1.165, 1.54) is 11.8 Å². The van der Waals surface area contributed by atoms with Gasteiger partial charge in [-0.25, -0.2) is 4.98 Å². The highest BCUT2D eigenvalue weighted by molar-refractivity contribution is 7.15. The number of hydrogen-bond acceptors (Lipinski definition) is 5. The van der Waals surface area contributed by atoms with Gasteiger partial charge in [-0.05, 0) is 50.9 Å². The lowest BCUT2D eigenvalue weighted by Crippen LogP contribution is -2.26. The van der Waals surface area contributed by atoms with Gasteiger partial charge in [-0.15, -0.1) is 11.3 Å². The van der Waals surface area contributed by atoms with E-state index in [4.69, 9.17) is 0 Å². The minimum Gasteiger partial charge on any atom is -0.317 e. The zero-order chi connectivity index (χ0) is 16.2. The van der Waals surface area contributed by atoms with Crippen molar-refractivity contribution in [3.05, 3.63) is 46.5 Å². The number of thiazole rings is 1. The SMILES string of the molecule is CC(=O)c1ccc(C(=O)Nc2ncc(C3CCNCC3)s2)cc1. The summed E-state index contributed by atoms with van der Waals surface area (Å²) in [7, 11) is 0. The third-order valence-electron chi connectivity index (χ3n) is 4.04. The topological polar surface area (TPSA) is 71.1 Å². The number of carbonyl (C=O) groups excluding carboxylic acids is 2. The quantitative estimate of drug-likeness (QED) is 0.846. The van der Waals surface area contributed by atoms with Crippen molar-refractivity contribution in [3.63, 3.8) is 0 Å². The first-order chi connectivity index (χ1) is 11.1. The second-order valence-electron chi connectivity index (χ2n) is 5.68. The molecule has 23 heavy (non-hydrogen) atoms. The molecular formula is C17H19N3O2S. The summed E-state index contributed by atoms with van der Waals surface area (Å²) in [6.45, 7) is 3.58. The summed E-state index contributed by atoms with van der Waals surface area (Å²) in [4.78, 5) is 29.0. The molecule has 1 aliphatic rings. The molecule has 5 nitrogen and oxygen atoms in total. The van der Waals surface area contributed by atoms with Gasteiger partial charge in [-0.1, -0.05) is 12.1 Å². The Labute approximate surface area is 139 Å². The van der Waals surface area contributed by atoms with Crippen molar-refractivity contribution in [2.24, 2.45) is 0 Å². The van der Waals surface area contributed by atoms with Gasteiger partial charge >= 0.3 is 0 Å². The van der Waals surface area contributed by atoms with E-state index in [0.29, 0.717) is 22.2 Å². The average Bonchev–Trinajstić information content (AvgIpc) is 3.04. The molecule has 0 spiro atoms. The number of carbonyl (C=O) groups is 2. The van der Waals surface area contributed by atoms with Crippen molar-refractivity contribution >= 4 is 28.2 Å². The molecule has 3 rings (SSSR count). The first kappa shape index (κ1) is 15.8. The number of rotatable bonds is 4. The second-order valence-corrected chi connectivity index (χ2v) is 6.74. The maximum Gasteiger partial charge on any atom is 0.257 e. The van der Waals surface area contributed by atoms with E-state index in [1.807, 2.05) is 6.20 Å². The number of hydrogen-bond donors (Lipinski definition) is 2. The number of amides is 1. The van der Waals surface area contributed by atoms with Gasteiger partial charge in [-0.2, -0.15) is 0 Å². The van der Waals surface area contributed by atoms with Crippen molar-refractivity contribution in [1.29, 1.82) is 0 Å². The maximum atomic E-state index is 12.2. The zero-order valence-electron chi connectivity index (χ0n) is 13.0. The van der Waals surface area contributed by atoms with Crippen LogP contribution in [0.15, 0.2) is 30.5 Å². The highest BCUT2D eigenvalue weighted by Gasteiger charge is 2.18. The minimum atomic E-state index is -0.202. The summed E-state index contributed by atoms with van der Waals surface area (Å²) in [6, 6.07) is 6.65. The Balaban J connectivity index is 1.65. The van der Waals surface area contributed by atoms with Crippen LogP contribution < -0.4 is 10.6 Å². The first-order valence-electron chi connectivity index (χ1n) is 7.72. The van der Waals surface area contributed by atoms with E-state index in [1.54, 1.807) is 35.6 Å². The first-order valence-corrected chi connectivity index (χ1v) is 8.54.